The van der Waals surface area contributed by atoms with Gasteiger partial charge in [-0.3, -0.25) is 14.8 Å². The fourth-order valence-corrected chi connectivity index (χ4v) is 5.51. The summed E-state index contributed by atoms with van der Waals surface area (Å²) in [6.45, 7) is 10.6. The summed E-state index contributed by atoms with van der Waals surface area (Å²) in [5.74, 6) is 0.877. The Morgan fingerprint density at radius 2 is 2.12 bits per heavy atom. The Balaban J connectivity index is 1.63. The topological polar surface area (TPSA) is 51.0 Å². The van der Waals surface area contributed by atoms with Gasteiger partial charge in [0.25, 0.3) is 0 Å². The molecule has 1 unspecified atom stereocenters. The molecule has 2 aliphatic heterocycles. The van der Waals surface area contributed by atoms with Gasteiger partial charge in [-0.2, -0.15) is 0 Å². The van der Waals surface area contributed by atoms with E-state index in [2.05, 4.69) is 32.6 Å². The molecule has 0 aromatic heterocycles. The van der Waals surface area contributed by atoms with Crippen LogP contribution in [0.1, 0.15) is 26.2 Å². The Labute approximate surface area is 157 Å². The van der Waals surface area contributed by atoms with Crippen molar-refractivity contribution < 1.29 is 9.53 Å². The van der Waals surface area contributed by atoms with Crippen LogP contribution in [0.3, 0.4) is 0 Å². The highest BCUT2D eigenvalue weighted by molar-refractivity contribution is 6.76. The minimum atomic E-state index is -1.20. The van der Waals surface area contributed by atoms with Gasteiger partial charge in [0.05, 0.1) is 25.1 Å². The quantitative estimate of drug-likeness (QED) is 0.553. The van der Waals surface area contributed by atoms with Crippen molar-refractivity contribution in [3.05, 3.63) is 22.8 Å². The second-order valence-corrected chi connectivity index (χ2v) is 15.1. The number of fused-ring (bicyclic) bond motifs is 3. The zero-order chi connectivity index (χ0) is 18.5. The zero-order valence-electron chi connectivity index (χ0n) is 16.4. The first-order valence-electron chi connectivity index (χ1n) is 9.99. The van der Waals surface area contributed by atoms with E-state index < -0.39 is 8.07 Å². The molecule has 4 aliphatic rings. The van der Waals surface area contributed by atoms with Crippen molar-refractivity contribution >= 4 is 26.0 Å². The van der Waals surface area contributed by atoms with E-state index in [1.54, 1.807) is 0 Å². The zero-order valence-corrected chi connectivity index (χ0v) is 17.4. The number of rotatable bonds is 4. The van der Waals surface area contributed by atoms with E-state index in [-0.39, 0.29) is 17.9 Å². The predicted molar refractivity (Wildman–Crippen MR) is 109 cm³/mol. The lowest BCUT2D eigenvalue weighted by atomic mass is 9.73. The van der Waals surface area contributed by atoms with Crippen molar-refractivity contribution in [1.29, 1.82) is 0 Å². The van der Waals surface area contributed by atoms with Crippen molar-refractivity contribution in [3.63, 3.8) is 0 Å². The van der Waals surface area contributed by atoms with Crippen LogP contribution in [-0.4, -0.2) is 45.2 Å². The SMILES string of the molecule is CC1C2=C3C4=CC=N[C@H](C[C@@H]1CC3=NC4)[C@H](C(=O)OCC[Si](C)(C)C)C2. The molecule has 0 amide bonds. The Kier molecular flexibility index (Phi) is 4.54. The number of hydrogen-bond acceptors (Lipinski definition) is 4. The van der Waals surface area contributed by atoms with Crippen LogP contribution < -0.4 is 0 Å². The Bertz CT molecular complexity index is 742. The Hall–Kier alpha value is -1.49. The number of hydrogen-bond donors (Lipinski definition) is 0. The van der Waals surface area contributed by atoms with E-state index in [4.69, 9.17) is 14.7 Å². The summed E-state index contributed by atoms with van der Waals surface area (Å²) < 4.78 is 5.75. The number of carbonyl (C=O) groups is 1. The summed E-state index contributed by atoms with van der Waals surface area (Å²) in [5.41, 5.74) is 5.35. The van der Waals surface area contributed by atoms with Crippen molar-refractivity contribution in [2.75, 3.05) is 13.2 Å². The van der Waals surface area contributed by atoms with Crippen LogP contribution >= 0.6 is 0 Å². The third-order valence-corrected chi connectivity index (χ3v) is 8.19. The summed E-state index contributed by atoms with van der Waals surface area (Å²) in [4.78, 5) is 22.6. The van der Waals surface area contributed by atoms with Gasteiger partial charge in [0.1, 0.15) is 0 Å². The van der Waals surface area contributed by atoms with E-state index in [1.165, 1.54) is 22.4 Å². The molecule has 5 heteroatoms. The fourth-order valence-electron chi connectivity index (χ4n) is 4.79. The van der Waals surface area contributed by atoms with Crippen LogP contribution in [-0.2, 0) is 9.53 Å². The molecule has 140 valence electrons. The number of aliphatic imine (C=N–C) groups is 2. The minimum absolute atomic E-state index is 0.0358. The van der Waals surface area contributed by atoms with Crippen molar-refractivity contribution in [2.45, 2.75) is 57.9 Å². The van der Waals surface area contributed by atoms with Crippen LogP contribution in [0.5, 0.6) is 0 Å². The highest BCUT2D eigenvalue weighted by Gasteiger charge is 2.44. The first-order chi connectivity index (χ1) is 12.3. The molecule has 0 radical (unpaired) electrons. The maximum atomic E-state index is 13.0. The number of carbonyl (C=O) groups excluding carboxylic acids is 1. The third-order valence-electron chi connectivity index (χ3n) is 6.48. The van der Waals surface area contributed by atoms with Gasteiger partial charge in [-0.05, 0) is 48.8 Å². The summed E-state index contributed by atoms with van der Waals surface area (Å²) in [7, 11) is -1.20. The van der Waals surface area contributed by atoms with Crippen molar-refractivity contribution in [3.8, 4) is 0 Å². The lowest BCUT2D eigenvalue weighted by Gasteiger charge is -2.31. The number of esters is 1. The van der Waals surface area contributed by atoms with Gasteiger partial charge in [0, 0.05) is 25.6 Å². The van der Waals surface area contributed by atoms with Crippen LogP contribution in [0.25, 0.3) is 0 Å². The smallest absolute Gasteiger partial charge is 0.311 e. The van der Waals surface area contributed by atoms with E-state index in [0.29, 0.717) is 18.4 Å². The molecular weight excluding hydrogens is 340 g/mol. The van der Waals surface area contributed by atoms with Gasteiger partial charge in [0.15, 0.2) is 0 Å². The average Bonchev–Trinajstić information content (AvgIpc) is 2.93. The van der Waals surface area contributed by atoms with Crippen molar-refractivity contribution in [2.24, 2.45) is 27.7 Å². The number of ether oxygens (including phenoxy) is 1. The Morgan fingerprint density at radius 3 is 2.88 bits per heavy atom. The van der Waals surface area contributed by atoms with Crippen LogP contribution in [0.15, 0.2) is 32.8 Å². The second-order valence-electron chi connectivity index (χ2n) is 9.50. The molecule has 26 heavy (non-hydrogen) atoms. The largest absolute Gasteiger partial charge is 0.466 e. The van der Waals surface area contributed by atoms with E-state index in [1.807, 2.05) is 6.21 Å². The molecular formula is C21H30N2O2Si. The normalized spacial score (nSPS) is 32.6. The van der Waals surface area contributed by atoms with Gasteiger partial charge in [0.2, 0.25) is 0 Å². The molecule has 4 atom stereocenters. The molecule has 2 aliphatic carbocycles. The highest BCUT2D eigenvalue weighted by atomic mass is 28.3. The van der Waals surface area contributed by atoms with E-state index >= 15 is 0 Å². The van der Waals surface area contributed by atoms with Crippen LogP contribution in [0.4, 0.5) is 0 Å². The highest BCUT2D eigenvalue weighted by Crippen LogP contribution is 2.48. The molecule has 1 saturated carbocycles. The lowest BCUT2D eigenvalue weighted by molar-refractivity contribution is -0.148. The number of nitrogens with zero attached hydrogens (tertiary/aromatic N) is 2. The fraction of sp³-hybridized carbons (Fsp3) is 0.667. The standard InChI is InChI=1S/C21H30N2O2Si/c1-13-15-9-18-17(21(24)25-7-8-26(2,3)4)11-16(13)20-14(5-6-22-18)12-23-19(20)10-15/h5-6,13,15,17-18H,7-12H2,1-4H3/t13?,15-,17-,18-/m1/s1. The maximum absolute atomic E-state index is 13.0. The van der Waals surface area contributed by atoms with Gasteiger partial charge in [-0.1, -0.05) is 32.1 Å². The Morgan fingerprint density at radius 1 is 1.31 bits per heavy atom. The molecule has 0 N–H and O–H groups in total. The molecule has 3 bridgehead atoms. The van der Waals surface area contributed by atoms with Crippen molar-refractivity contribution in [1.82, 2.24) is 0 Å². The molecule has 4 rings (SSSR count). The second kappa shape index (κ2) is 6.59. The van der Waals surface area contributed by atoms with Gasteiger partial charge in [-0.25, -0.2) is 0 Å². The van der Waals surface area contributed by atoms with Gasteiger partial charge < -0.3 is 4.74 Å². The maximum Gasteiger partial charge on any atom is 0.311 e. The molecule has 2 heterocycles. The first kappa shape index (κ1) is 17.9. The third kappa shape index (κ3) is 3.26. The molecule has 4 nitrogen and oxygen atoms in total. The lowest BCUT2D eigenvalue weighted by Crippen LogP contribution is -2.31. The molecule has 0 spiro atoms. The van der Waals surface area contributed by atoms with E-state index in [0.717, 1.165) is 31.9 Å². The number of allylic oxidation sites excluding steroid dienone is 2. The molecule has 0 saturated heterocycles. The first-order valence-corrected chi connectivity index (χ1v) is 13.7. The average molecular weight is 371 g/mol. The summed E-state index contributed by atoms with van der Waals surface area (Å²) in [6, 6.07) is 1.06. The predicted octanol–water partition coefficient (Wildman–Crippen LogP) is 4.06. The molecule has 0 aromatic rings. The van der Waals surface area contributed by atoms with Gasteiger partial charge in [-0.15, -0.1) is 0 Å². The minimum Gasteiger partial charge on any atom is -0.466 e. The summed E-state index contributed by atoms with van der Waals surface area (Å²) >= 11 is 0. The van der Waals surface area contributed by atoms with E-state index in [9.17, 15) is 4.79 Å². The molecule has 0 aromatic carbocycles. The van der Waals surface area contributed by atoms with Crippen LogP contribution in [0.2, 0.25) is 25.7 Å². The van der Waals surface area contributed by atoms with Gasteiger partial charge >= 0.3 is 5.97 Å². The summed E-state index contributed by atoms with van der Waals surface area (Å²) in [6.07, 6.45) is 6.83. The van der Waals surface area contributed by atoms with Crippen LogP contribution in [0, 0.1) is 17.8 Å². The molecule has 1 fully saturated rings. The summed E-state index contributed by atoms with van der Waals surface area (Å²) in [5, 5.41) is 0. The monoisotopic (exact) mass is 370 g/mol.